The summed E-state index contributed by atoms with van der Waals surface area (Å²) in [4.78, 5) is 19.0. The molecule has 0 unspecified atom stereocenters. The van der Waals surface area contributed by atoms with E-state index in [0.29, 0.717) is 12.1 Å². The smallest absolute Gasteiger partial charge is 0.259 e. The van der Waals surface area contributed by atoms with Gasteiger partial charge in [0, 0.05) is 30.2 Å². The highest BCUT2D eigenvalue weighted by Crippen LogP contribution is 2.25. The van der Waals surface area contributed by atoms with E-state index in [1.165, 1.54) is 0 Å². The van der Waals surface area contributed by atoms with Crippen molar-refractivity contribution in [2.45, 2.75) is 6.92 Å². The SMILES string of the molecule is CCN(C(=O)c1ccncc1-c1ccccc1)c1ccccc1. The molecular formula is C20H18N2O. The molecule has 114 valence electrons. The fourth-order valence-electron chi connectivity index (χ4n) is 2.63. The van der Waals surface area contributed by atoms with E-state index in [2.05, 4.69) is 4.98 Å². The lowest BCUT2D eigenvalue weighted by Gasteiger charge is -2.22. The van der Waals surface area contributed by atoms with Crippen LogP contribution in [0.4, 0.5) is 5.69 Å². The zero-order valence-corrected chi connectivity index (χ0v) is 13.0. The molecule has 3 heteroatoms. The normalized spacial score (nSPS) is 10.3. The van der Waals surface area contributed by atoms with E-state index in [1.54, 1.807) is 23.4 Å². The molecule has 0 radical (unpaired) electrons. The van der Waals surface area contributed by atoms with E-state index in [-0.39, 0.29) is 5.91 Å². The molecule has 1 amide bonds. The number of benzene rings is 2. The highest BCUT2D eigenvalue weighted by Gasteiger charge is 2.19. The Bertz CT molecular complexity index is 785. The highest BCUT2D eigenvalue weighted by molar-refractivity contribution is 6.10. The molecule has 0 atom stereocenters. The Hall–Kier alpha value is -2.94. The molecule has 3 aromatic rings. The summed E-state index contributed by atoms with van der Waals surface area (Å²) in [6, 6.07) is 21.4. The Balaban J connectivity index is 2.03. The van der Waals surface area contributed by atoms with Crippen molar-refractivity contribution in [1.82, 2.24) is 4.98 Å². The fourth-order valence-corrected chi connectivity index (χ4v) is 2.63. The van der Waals surface area contributed by atoms with E-state index < -0.39 is 0 Å². The molecule has 3 rings (SSSR count). The number of carbonyl (C=O) groups is 1. The second-order valence-electron chi connectivity index (χ2n) is 5.17. The van der Waals surface area contributed by atoms with Gasteiger partial charge in [0.15, 0.2) is 0 Å². The lowest BCUT2D eigenvalue weighted by atomic mass is 10.0. The van der Waals surface area contributed by atoms with Crippen LogP contribution in [0.1, 0.15) is 17.3 Å². The van der Waals surface area contributed by atoms with Gasteiger partial charge in [-0.25, -0.2) is 0 Å². The van der Waals surface area contributed by atoms with Crippen molar-refractivity contribution in [2.24, 2.45) is 0 Å². The Morgan fingerprint density at radius 3 is 2.26 bits per heavy atom. The van der Waals surface area contributed by atoms with Gasteiger partial charge in [-0.05, 0) is 30.7 Å². The fraction of sp³-hybridized carbons (Fsp3) is 0.100. The van der Waals surface area contributed by atoms with Gasteiger partial charge in [-0.15, -0.1) is 0 Å². The maximum Gasteiger partial charge on any atom is 0.259 e. The number of amides is 1. The Kier molecular flexibility index (Phi) is 4.48. The first kappa shape index (κ1) is 15.0. The minimum Gasteiger partial charge on any atom is -0.309 e. The number of hydrogen-bond acceptors (Lipinski definition) is 2. The molecule has 0 aliphatic rings. The minimum absolute atomic E-state index is 0.0139. The quantitative estimate of drug-likeness (QED) is 0.715. The zero-order chi connectivity index (χ0) is 16.1. The Labute approximate surface area is 136 Å². The highest BCUT2D eigenvalue weighted by atomic mass is 16.2. The molecule has 0 aliphatic heterocycles. The van der Waals surface area contributed by atoms with Gasteiger partial charge >= 0.3 is 0 Å². The van der Waals surface area contributed by atoms with Gasteiger partial charge in [-0.2, -0.15) is 0 Å². The first-order valence-corrected chi connectivity index (χ1v) is 7.67. The van der Waals surface area contributed by atoms with E-state index in [0.717, 1.165) is 16.8 Å². The third-order valence-electron chi connectivity index (χ3n) is 3.77. The lowest BCUT2D eigenvalue weighted by molar-refractivity contribution is 0.0989. The predicted molar refractivity (Wildman–Crippen MR) is 93.5 cm³/mol. The number of carbonyl (C=O) groups excluding carboxylic acids is 1. The van der Waals surface area contributed by atoms with Crippen LogP contribution in [-0.2, 0) is 0 Å². The molecule has 23 heavy (non-hydrogen) atoms. The van der Waals surface area contributed by atoms with Crippen molar-refractivity contribution in [3.63, 3.8) is 0 Å². The minimum atomic E-state index is -0.0139. The Morgan fingerprint density at radius 1 is 0.957 bits per heavy atom. The molecule has 0 N–H and O–H groups in total. The molecule has 0 saturated heterocycles. The van der Waals surface area contributed by atoms with E-state index in [4.69, 9.17) is 0 Å². The molecule has 3 nitrogen and oxygen atoms in total. The molecule has 1 heterocycles. The van der Waals surface area contributed by atoms with Crippen molar-refractivity contribution in [1.29, 1.82) is 0 Å². The zero-order valence-electron chi connectivity index (χ0n) is 13.0. The summed E-state index contributed by atoms with van der Waals surface area (Å²) in [5.41, 5.74) is 3.41. The molecule has 0 bridgehead atoms. The van der Waals surface area contributed by atoms with Crippen LogP contribution in [0.15, 0.2) is 79.1 Å². The van der Waals surface area contributed by atoms with Crippen LogP contribution < -0.4 is 4.90 Å². The van der Waals surface area contributed by atoms with Gasteiger partial charge < -0.3 is 4.90 Å². The molecule has 0 spiro atoms. The van der Waals surface area contributed by atoms with Gasteiger partial charge in [0.05, 0.1) is 5.56 Å². The largest absolute Gasteiger partial charge is 0.309 e. The van der Waals surface area contributed by atoms with Crippen LogP contribution in [0.3, 0.4) is 0 Å². The topological polar surface area (TPSA) is 33.2 Å². The molecule has 1 aromatic heterocycles. The van der Waals surface area contributed by atoms with Gasteiger partial charge in [0.1, 0.15) is 0 Å². The van der Waals surface area contributed by atoms with Crippen LogP contribution in [0.2, 0.25) is 0 Å². The van der Waals surface area contributed by atoms with Gasteiger partial charge in [0.2, 0.25) is 0 Å². The third-order valence-corrected chi connectivity index (χ3v) is 3.77. The van der Waals surface area contributed by atoms with Crippen molar-refractivity contribution >= 4 is 11.6 Å². The summed E-state index contributed by atoms with van der Waals surface area (Å²) in [6.07, 6.45) is 3.42. The summed E-state index contributed by atoms with van der Waals surface area (Å²) in [5, 5.41) is 0. The number of rotatable bonds is 4. The van der Waals surface area contributed by atoms with Crippen LogP contribution in [0.25, 0.3) is 11.1 Å². The van der Waals surface area contributed by atoms with Gasteiger partial charge in [0.25, 0.3) is 5.91 Å². The summed E-state index contributed by atoms with van der Waals surface area (Å²) in [5.74, 6) is -0.0139. The summed E-state index contributed by atoms with van der Waals surface area (Å²) in [6.45, 7) is 2.59. The first-order chi connectivity index (χ1) is 11.3. The van der Waals surface area contributed by atoms with Crippen molar-refractivity contribution in [3.8, 4) is 11.1 Å². The summed E-state index contributed by atoms with van der Waals surface area (Å²) >= 11 is 0. The van der Waals surface area contributed by atoms with Crippen molar-refractivity contribution < 1.29 is 4.79 Å². The molecule has 0 fully saturated rings. The number of aromatic nitrogens is 1. The van der Waals surface area contributed by atoms with Gasteiger partial charge in [-0.3, -0.25) is 9.78 Å². The number of pyridine rings is 1. The van der Waals surface area contributed by atoms with E-state index in [9.17, 15) is 4.79 Å². The number of para-hydroxylation sites is 1. The average Bonchev–Trinajstić information content (AvgIpc) is 2.64. The molecule has 0 saturated carbocycles. The molecule has 0 aliphatic carbocycles. The van der Waals surface area contributed by atoms with Crippen LogP contribution in [0, 0.1) is 0 Å². The van der Waals surface area contributed by atoms with Crippen LogP contribution in [0.5, 0.6) is 0 Å². The van der Waals surface area contributed by atoms with Gasteiger partial charge in [-0.1, -0.05) is 48.5 Å². The van der Waals surface area contributed by atoms with Crippen molar-refractivity contribution in [2.75, 3.05) is 11.4 Å². The summed E-state index contributed by atoms with van der Waals surface area (Å²) in [7, 11) is 0. The monoisotopic (exact) mass is 302 g/mol. The first-order valence-electron chi connectivity index (χ1n) is 7.67. The number of nitrogens with zero attached hydrogens (tertiary/aromatic N) is 2. The third kappa shape index (κ3) is 3.14. The van der Waals surface area contributed by atoms with Crippen LogP contribution in [-0.4, -0.2) is 17.4 Å². The second-order valence-corrected chi connectivity index (χ2v) is 5.17. The molecular weight excluding hydrogens is 284 g/mol. The van der Waals surface area contributed by atoms with E-state index in [1.807, 2.05) is 67.6 Å². The van der Waals surface area contributed by atoms with Crippen molar-refractivity contribution in [3.05, 3.63) is 84.7 Å². The summed E-state index contributed by atoms with van der Waals surface area (Å²) < 4.78 is 0. The van der Waals surface area contributed by atoms with Crippen LogP contribution >= 0.6 is 0 Å². The number of anilines is 1. The average molecular weight is 302 g/mol. The Morgan fingerprint density at radius 2 is 1.61 bits per heavy atom. The maximum atomic E-state index is 13.1. The maximum absolute atomic E-state index is 13.1. The standard InChI is InChI=1S/C20H18N2O/c1-2-22(17-11-7-4-8-12-17)20(23)18-13-14-21-15-19(18)16-9-5-3-6-10-16/h3-15H,2H2,1H3. The predicted octanol–water partition coefficient (Wildman–Crippen LogP) is 4.42. The second kappa shape index (κ2) is 6.88. The van der Waals surface area contributed by atoms with E-state index >= 15 is 0 Å². The number of hydrogen-bond donors (Lipinski definition) is 0. The lowest BCUT2D eigenvalue weighted by Crippen LogP contribution is -2.31. The molecule has 2 aromatic carbocycles.